The molecule has 2 aromatic carbocycles. The van der Waals surface area contributed by atoms with Gasteiger partial charge in [0.25, 0.3) is 0 Å². The van der Waals surface area contributed by atoms with E-state index in [0.717, 1.165) is 0 Å². The highest BCUT2D eigenvalue weighted by Crippen LogP contribution is 2.42. The van der Waals surface area contributed by atoms with Crippen LogP contribution in [0.3, 0.4) is 0 Å². The Hall–Kier alpha value is -1.85. The van der Waals surface area contributed by atoms with Gasteiger partial charge >= 0.3 is 5.69 Å². The van der Waals surface area contributed by atoms with Gasteiger partial charge < -0.3 is 0 Å². The third kappa shape index (κ3) is 3.58. The zero-order valence-electron chi connectivity index (χ0n) is 12.3. The minimum Gasteiger partial charge on any atom is -0.258 e. The van der Waals surface area contributed by atoms with E-state index in [-0.39, 0.29) is 11.4 Å². The van der Waals surface area contributed by atoms with Gasteiger partial charge in [0.1, 0.15) is 5.69 Å². The molecule has 0 bridgehead atoms. The Labute approximate surface area is 163 Å². The van der Waals surface area contributed by atoms with Crippen LogP contribution in [0.1, 0.15) is 0 Å². The molecule has 1 heterocycles. The molecule has 0 aliphatic carbocycles. The molecule has 0 amide bonds. The predicted molar refractivity (Wildman–Crippen MR) is 102 cm³/mol. The Bertz CT molecular complexity index is 923. The van der Waals surface area contributed by atoms with Gasteiger partial charge in [0.2, 0.25) is 0 Å². The number of aromatic nitrogens is 1. The summed E-state index contributed by atoms with van der Waals surface area (Å²) >= 11 is 24.4. The van der Waals surface area contributed by atoms with Crippen LogP contribution in [0.2, 0.25) is 20.1 Å². The third-order valence-corrected chi connectivity index (χ3v) is 4.64. The molecule has 0 unspecified atom stereocenters. The Kier molecular flexibility index (Phi) is 5.16. The maximum absolute atomic E-state index is 11.8. The quantitative estimate of drug-likeness (QED) is 0.345. The minimum atomic E-state index is -0.522. The number of halogens is 4. The molecular weight excluding hydrogens is 406 g/mol. The van der Waals surface area contributed by atoms with Gasteiger partial charge in [0.15, 0.2) is 0 Å². The summed E-state index contributed by atoms with van der Waals surface area (Å²) < 4.78 is 0. The first-order chi connectivity index (χ1) is 11.9. The van der Waals surface area contributed by atoms with Crippen LogP contribution < -0.4 is 0 Å². The molecule has 0 spiro atoms. The Morgan fingerprint density at radius 3 is 1.96 bits per heavy atom. The number of nitrogens with zero attached hydrogens (tertiary/aromatic N) is 2. The number of rotatable bonds is 3. The van der Waals surface area contributed by atoms with E-state index in [2.05, 4.69) is 4.98 Å². The summed E-state index contributed by atoms with van der Waals surface area (Å²) in [4.78, 5) is 15.4. The Morgan fingerprint density at radius 1 is 0.800 bits per heavy atom. The lowest BCUT2D eigenvalue weighted by molar-refractivity contribution is -0.383. The second-order valence-corrected chi connectivity index (χ2v) is 6.75. The molecule has 0 radical (unpaired) electrons. The standard InChI is InChI=1S/C17H8Cl4N2O2/c18-9-1-3-14(20)12(7-9)11-5-6-22-16(17(11)23(24)25)13-8-10(19)2-4-15(13)21/h1-8H. The summed E-state index contributed by atoms with van der Waals surface area (Å²) in [5, 5.41) is 13.2. The van der Waals surface area contributed by atoms with Crippen molar-refractivity contribution in [1.29, 1.82) is 0 Å². The molecule has 4 nitrogen and oxygen atoms in total. The molecule has 0 atom stereocenters. The molecule has 0 N–H and O–H groups in total. The third-order valence-electron chi connectivity index (χ3n) is 3.51. The molecule has 8 heteroatoms. The van der Waals surface area contributed by atoms with Gasteiger partial charge in [-0.1, -0.05) is 46.4 Å². The van der Waals surface area contributed by atoms with Crippen molar-refractivity contribution in [1.82, 2.24) is 4.98 Å². The fraction of sp³-hybridized carbons (Fsp3) is 0. The highest BCUT2D eigenvalue weighted by atomic mass is 35.5. The zero-order valence-corrected chi connectivity index (χ0v) is 15.4. The maximum atomic E-state index is 11.8. The van der Waals surface area contributed by atoms with Crippen LogP contribution in [0.25, 0.3) is 22.4 Å². The van der Waals surface area contributed by atoms with Crippen LogP contribution >= 0.6 is 46.4 Å². The first-order valence-electron chi connectivity index (χ1n) is 6.92. The molecule has 126 valence electrons. The fourth-order valence-electron chi connectivity index (χ4n) is 2.44. The van der Waals surface area contributed by atoms with Gasteiger partial charge in [-0.2, -0.15) is 0 Å². The molecule has 25 heavy (non-hydrogen) atoms. The summed E-state index contributed by atoms with van der Waals surface area (Å²) in [6.45, 7) is 0. The van der Waals surface area contributed by atoms with E-state index in [1.54, 1.807) is 30.3 Å². The largest absolute Gasteiger partial charge is 0.303 e. The van der Waals surface area contributed by atoms with Gasteiger partial charge in [-0.05, 0) is 42.5 Å². The van der Waals surface area contributed by atoms with E-state index in [9.17, 15) is 10.1 Å². The van der Waals surface area contributed by atoms with Crippen molar-refractivity contribution in [2.45, 2.75) is 0 Å². The maximum Gasteiger partial charge on any atom is 0.303 e. The van der Waals surface area contributed by atoms with Crippen LogP contribution in [0.5, 0.6) is 0 Å². The summed E-state index contributed by atoms with van der Waals surface area (Å²) in [6.07, 6.45) is 1.45. The second-order valence-electron chi connectivity index (χ2n) is 5.06. The van der Waals surface area contributed by atoms with Crippen LogP contribution in [0.4, 0.5) is 5.69 Å². The molecular formula is C17H8Cl4N2O2. The molecule has 1 aromatic heterocycles. The highest BCUT2D eigenvalue weighted by Gasteiger charge is 2.26. The van der Waals surface area contributed by atoms with E-state index in [0.29, 0.717) is 36.8 Å². The van der Waals surface area contributed by atoms with Crippen LogP contribution in [0, 0.1) is 10.1 Å². The number of benzene rings is 2. The summed E-state index contributed by atoms with van der Waals surface area (Å²) in [5.41, 5.74) is 0.962. The molecule has 0 fully saturated rings. The van der Waals surface area contributed by atoms with E-state index >= 15 is 0 Å². The minimum absolute atomic E-state index is 0.103. The number of pyridine rings is 1. The van der Waals surface area contributed by atoms with Crippen LogP contribution in [-0.2, 0) is 0 Å². The summed E-state index contributed by atoms with van der Waals surface area (Å²) in [6, 6.07) is 10.9. The highest BCUT2D eigenvalue weighted by molar-refractivity contribution is 6.36. The predicted octanol–water partition coefficient (Wildman–Crippen LogP) is 6.94. The van der Waals surface area contributed by atoms with E-state index in [4.69, 9.17) is 46.4 Å². The SMILES string of the molecule is O=[N+]([O-])c1c(-c2cc(Cl)ccc2Cl)ccnc1-c1cc(Cl)ccc1Cl. The topological polar surface area (TPSA) is 56.0 Å². The molecule has 0 saturated carbocycles. The van der Waals surface area contributed by atoms with Crippen molar-refractivity contribution < 1.29 is 4.92 Å². The number of hydrogen-bond donors (Lipinski definition) is 0. The Morgan fingerprint density at radius 2 is 1.36 bits per heavy atom. The number of nitro groups is 1. The van der Waals surface area contributed by atoms with Crippen molar-refractivity contribution in [3.8, 4) is 22.4 Å². The smallest absolute Gasteiger partial charge is 0.258 e. The average Bonchev–Trinajstić information content (AvgIpc) is 2.58. The van der Waals surface area contributed by atoms with Crippen LogP contribution in [-0.4, -0.2) is 9.91 Å². The van der Waals surface area contributed by atoms with Gasteiger partial charge in [-0.15, -0.1) is 0 Å². The molecule has 0 saturated heterocycles. The molecule has 0 aliphatic rings. The average molecular weight is 414 g/mol. The summed E-state index contributed by atoms with van der Waals surface area (Å²) in [5.74, 6) is 0. The van der Waals surface area contributed by atoms with E-state index in [1.807, 2.05) is 0 Å². The van der Waals surface area contributed by atoms with Gasteiger partial charge in [0.05, 0.1) is 15.5 Å². The van der Waals surface area contributed by atoms with Gasteiger partial charge in [-0.25, -0.2) is 4.98 Å². The van der Waals surface area contributed by atoms with E-state index < -0.39 is 4.92 Å². The Balaban J connectivity index is 2.35. The first-order valence-corrected chi connectivity index (χ1v) is 8.44. The lowest BCUT2D eigenvalue weighted by Gasteiger charge is -2.10. The molecule has 3 rings (SSSR count). The monoisotopic (exact) mass is 412 g/mol. The van der Waals surface area contributed by atoms with Crippen molar-refractivity contribution in [2.75, 3.05) is 0 Å². The second kappa shape index (κ2) is 7.18. The normalized spacial score (nSPS) is 10.7. The van der Waals surface area contributed by atoms with Crippen molar-refractivity contribution in [3.63, 3.8) is 0 Å². The lowest BCUT2D eigenvalue weighted by Crippen LogP contribution is -1.99. The van der Waals surface area contributed by atoms with Gasteiger partial charge in [0, 0.05) is 32.4 Å². The number of hydrogen-bond acceptors (Lipinski definition) is 3. The van der Waals surface area contributed by atoms with Crippen molar-refractivity contribution >= 4 is 52.1 Å². The summed E-state index contributed by atoms with van der Waals surface area (Å²) in [7, 11) is 0. The van der Waals surface area contributed by atoms with Crippen LogP contribution in [0.15, 0.2) is 48.7 Å². The molecule has 3 aromatic rings. The first kappa shape index (κ1) is 18.0. The molecule has 0 aliphatic heterocycles. The van der Waals surface area contributed by atoms with Gasteiger partial charge in [-0.3, -0.25) is 10.1 Å². The zero-order chi connectivity index (χ0) is 18.1. The van der Waals surface area contributed by atoms with Crippen molar-refractivity contribution in [3.05, 3.63) is 78.9 Å². The fourth-order valence-corrected chi connectivity index (χ4v) is 3.21. The van der Waals surface area contributed by atoms with E-state index in [1.165, 1.54) is 18.3 Å². The lowest BCUT2D eigenvalue weighted by atomic mass is 10.0. The van der Waals surface area contributed by atoms with Crippen molar-refractivity contribution in [2.24, 2.45) is 0 Å².